The average Bonchev–Trinajstić information content (AvgIpc) is 2.74. The highest BCUT2D eigenvalue weighted by molar-refractivity contribution is 5.85. The lowest BCUT2D eigenvalue weighted by Crippen LogP contribution is -1.88. The van der Waals surface area contributed by atoms with Crippen molar-refractivity contribution in [2.75, 3.05) is 5.73 Å². The molecule has 0 saturated heterocycles. The Balaban J connectivity index is 2.22. The number of benzene rings is 1. The van der Waals surface area contributed by atoms with Crippen LogP contribution in [0.15, 0.2) is 42.6 Å². The Labute approximate surface area is 97.1 Å². The fourth-order valence-corrected chi connectivity index (χ4v) is 1.85. The van der Waals surface area contributed by atoms with Gasteiger partial charge in [-0.05, 0) is 30.3 Å². The molecule has 3 rings (SSSR count). The van der Waals surface area contributed by atoms with Crippen molar-refractivity contribution in [2.45, 2.75) is 0 Å². The number of halogens is 1. The molecule has 3 nitrogen and oxygen atoms in total. The summed E-state index contributed by atoms with van der Waals surface area (Å²) < 4.78 is 13.5. The van der Waals surface area contributed by atoms with Gasteiger partial charge < -0.3 is 10.7 Å². The number of nitrogens with two attached hydrogens (primary N) is 1. The van der Waals surface area contributed by atoms with Gasteiger partial charge in [-0.25, -0.2) is 4.39 Å². The number of fused-ring (bicyclic) bond motifs is 1. The summed E-state index contributed by atoms with van der Waals surface area (Å²) in [7, 11) is 0. The van der Waals surface area contributed by atoms with Gasteiger partial charge in [0, 0.05) is 22.8 Å². The Bertz CT molecular complexity index is 688. The molecular weight excluding hydrogens is 217 g/mol. The predicted molar refractivity (Wildman–Crippen MR) is 65.9 cm³/mol. The van der Waals surface area contributed by atoms with Gasteiger partial charge in [-0.2, -0.15) is 0 Å². The monoisotopic (exact) mass is 227 g/mol. The molecule has 0 aliphatic heterocycles. The minimum Gasteiger partial charge on any atom is -0.399 e. The third-order valence-electron chi connectivity index (χ3n) is 2.67. The second kappa shape index (κ2) is 3.59. The number of hydrogen-bond donors (Lipinski definition) is 2. The molecule has 17 heavy (non-hydrogen) atoms. The smallest absolute Gasteiger partial charge is 0.132 e. The first-order valence-electron chi connectivity index (χ1n) is 5.23. The molecule has 0 aliphatic carbocycles. The summed E-state index contributed by atoms with van der Waals surface area (Å²) in [5.41, 5.74) is 8.55. The number of aromatic nitrogens is 2. The summed E-state index contributed by atoms with van der Waals surface area (Å²) in [4.78, 5) is 7.32. The van der Waals surface area contributed by atoms with Crippen LogP contribution >= 0.6 is 0 Å². The van der Waals surface area contributed by atoms with Crippen molar-refractivity contribution in [3.05, 3.63) is 48.4 Å². The summed E-state index contributed by atoms with van der Waals surface area (Å²) >= 11 is 0. The molecule has 0 amide bonds. The second-order valence-electron chi connectivity index (χ2n) is 3.86. The number of nitrogens with one attached hydrogen (secondary N) is 1. The van der Waals surface area contributed by atoms with Crippen LogP contribution in [0.3, 0.4) is 0 Å². The quantitative estimate of drug-likeness (QED) is 0.671. The van der Waals surface area contributed by atoms with Crippen molar-refractivity contribution in [3.63, 3.8) is 0 Å². The number of nitrogen functional groups attached to an aromatic ring is 1. The van der Waals surface area contributed by atoms with Crippen LogP contribution in [-0.4, -0.2) is 9.97 Å². The van der Waals surface area contributed by atoms with E-state index in [1.807, 2.05) is 6.07 Å². The molecule has 0 saturated carbocycles. The molecule has 0 atom stereocenters. The van der Waals surface area contributed by atoms with E-state index in [0.717, 1.165) is 11.2 Å². The molecule has 0 unspecified atom stereocenters. The minimum atomic E-state index is -0.242. The van der Waals surface area contributed by atoms with E-state index >= 15 is 0 Å². The van der Waals surface area contributed by atoms with Crippen LogP contribution < -0.4 is 5.73 Å². The molecule has 0 aliphatic rings. The van der Waals surface area contributed by atoms with Gasteiger partial charge in [-0.3, -0.25) is 4.98 Å². The lowest BCUT2D eigenvalue weighted by molar-refractivity contribution is 0.640. The van der Waals surface area contributed by atoms with E-state index in [1.165, 1.54) is 6.07 Å². The third kappa shape index (κ3) is 1.63. The molecule has 0 fully saturated rings. The van der Waals surface area contributed by atoms with Crippen LogP contribution in [0.4, 0.5) is 10.1 Å². The highest BCUT2D eigenvalue weighted by Crippen LogP contribution is 2.25. The number of anilines is 1. The highest BCUT2D eigenvalue weighted by atomic mass is 19.1. The van der Waals surface area contributed by atoms with Crippen LogP contribution in [0.5, 0.6) is 0 Å². The zero-order chi connectivity index (χ0) is 11.8. The molecule has 0 radical (unpaired) electrons. The largest absolute Gasteiger partial charge is 0.399 e. The summed E-state index contributed by atoms with van der Waals surface area (Å²) in [5.74, 6) is -0.242. The number of rotatable bonds is 1. The summed E-state index contributed by atoms with van der Waals surface area (Å²) in [5, 5.41) is 0.562. The molecular formula is C13H10FN3. The molecule has 2 aromatic heterocycles. The van der Waals surface area contributed by atoms with Crippen molar-refractivity contribution in [1.29, 1.82) is 0 Å². The van der Waals surface area contributed by atoms with Crippen LogP contribution in [0.1, 0.15) is 0 Å². The maximum absolute atomic E-state index is 13.5. The minimum absolute atomic E-state index is 0.242. The Hall–Kier alpha value is -2.36. The first-order valence-corrected chi connectivity index (χ1v) is 5.23. The molecule has 84 valence electrons. The van der Waals surface area contributed by atoms with Gasteiger partial charge in [0.05, 0.1) is 11.4 Å². The lowest BCUT2D eigenvalue weighted by atomic mass is 10.2. The molecule has 3 N–H and O–H groups in total. The molecule has 0 bridgehead atoms. The van der Waals surface area contributed by atoms with Crippen LogP contribution in [-0.2, 0) is 0 Å². The van der Waals surface area contributed by atoms with E-state index in [-0.39, 0.29) is 5.82 Å². The number of nitrogens with zero attached hydrogens (tertiary/aromatic N) is 1. The molecule has 3 aromatic rings. The average molecular weight is 227 g/mol. The first kappa shape index (κ1) is 9.84. The number of aromatic amines is 1. The van der Waals surface area contributed by atoms with Crippen molar-refractivity contribution in [2.24, 2.45) is 0 Å². The van der Waals surface area contributed by atoms with Crippen molar-refractivity contribution >= 4 is 16.6 Å². The Morgan fingerprint density at radius 1 is 1.18 bits per heavy atom. The van der Waals surface area contributed by atoms with Crippen molar-refractivity contribution < 1.29 is 4.39 Å². The zero-order valence-corrected chi connectivity index (χ0v) is 8.94. The highest BCUT2D eigenvalue weighted by Gasteiger charge is 2.07. The van der Waals surface area contributed by atoms with Crippen LogP contribution in [0.2, 0.25) is 0 Å². The maximum Gasteiger partial charge on any atom is 0.132 e. The van der Waals surface area contributed by atoms with E-state index in [9.17, 15) is 4.39 Å². The van der Waals surface area contributed by atoms with Crippen LogP contribution in [0, 0.1) is 5.82 Å². The Morgan fingerprint density at radius 3 is 2.82 bits per heavy atom. The molecule has 1 aromatic carbocycles. The third-order valence-corrected chi connectivity index (χ3v) is 2.67. The predicted octanol–water partition coefficient (Wildman–Crippen LogP) is 2.95. The number of hydrogen-bond acceptors (Lipinski definition) is 2. The standard InChI is InChI=1S/C13H10FN3/c14-10-2-1-3-11-9(10)7-13(17-11)12-6-8(15)4-5-16-12/h1-7,17H,(H2,15,16). The molecule has 2 heterocycles. The summed E-state index contributed by atoms with van der Waals surface area (Å²) in [6.07, 6.45) is 1.63. The van der Waals surface area contributed by atoms with E-state index in [4.69, 9.17) is 5.73 Å². The summed E-state index contributed by atoms with van der Waals surface area (Å²) in [6.45, 7) is 0. The SMILES string of the molecule is Nc1ccnc(-c2cc3c(F)cccc3[nH]2)c1. The van der Waals surface area contributed by atoms with E-state index in [0.29, 0.717) is 16.8 Å². The van der Waals surface area contributed by atoms with Crippen LogP contribution in [0.25, 0.3) is 22.3 Å². The van der Waals surface area contributed by atoms with Gasteiger partial charge in [-0.15, -0.1) is 0 Å². The zero-order valence-electron chi connectivity index (χ0n) is 8.94. The first-order chi connectivity index (χ1) is 8.24. The van der Waals surface area contributed by atoms with Gasteiger partial charge in [-0.1, -0.05) is 6.07 Å². The normalized spacial score (nSPS) is 10.9. The Kier molecular flexibility index (Phi) is 2.08. The van der Waals surface area contributed by atoms with E-state index in [2.05, 4.69) is 9.97 Å². The molecule has 4 heteroatoms. The van der Waals surface area contributed by atoms with Gasteiger partial charge >= 0.3 is 0 Å². The van der Waals surface area contributed by atoms with E-state index in [1.54, 1.807) is 30.5 Å². The number of pyridine rings is 1. The van der Waals surface area contributed by atoms with Crippen molar-refractivity contribution in [3.8, 4) is 11.4 Å². The number of H-pyrrole nitrogens is 1. The molecule has 0 spiro atoms. The maximum atomic E-state index is 13.5. The van der Waals surface area contributed by atoms with E-state index < -0.39 is 0 Å². The fraction of sp³-hybridized carbons (Fsp3) is 0. The topological polar surface area (TPSA) is 54.7 Å². The van der Waals surface area contributed by atoms with Gasteiger partial charge in [0.2, 0.25) is 0 Å². The second-order valence-corrected chi connectivity index (χ2v) is 3.86. The van der Waals surface area contributed by atoms with Gasteiger partial charge in [0.25, 0.3) is 0 Å². The fourth-order valence-electron chi connectivity index (χ4n) is 1.85. The van der Waals surface area contributed by atoms with Gasteiger partial charge in [0.15, 0.2) is 0 Å². The Morgan fingerprint density at radius 2 is 2.06 bits per heavy atom. The summed E-state index contributed by atoms with van der Waals surface area (Å²) in [6, 6.07) is 10.1. The lowest BCUT2D eigenvalue weighted by Gasteiger charge is -1.97. The van der Waals surface area contributed by atoms with Gasteiger partial charge in [0.1, 0.15) is 5.82 Å². The van der Waals surface area contributed by atoms with Crippen molar-refractivity contribution in [1.82, 2.24) is 9.97 Å².